The molecule has 0 fully saturated rings. The molecule has 21 heavy (non-hydrogen) atoms. The number of nitrogens with two attached hydrogens (primary N) is 1. The Hall–Kier alpha value is -2.21. The molecule has 0 atom stereocenters. The van der Waals surface area contributed by atoms with E-state index in [1.54, 1.807) is 19.2 Å². The van der Waals surface area contributed by atoms with E-state index < -0.39 is 5.97 Å². The van der Waals surface area contributed by atoms with Gasteiger partial charge in [-0.1, -0.05) is 0 Å². The van der Waals surface area contributed by atoms with Crippen LogP contribution in [0, 0.1) is 14.9 Å². The molecule has 1 aromatic carbocycles. The lowest BCUT2D eigenvalue weighted by molar-refractivity contribution is 0.0593. The zero-order valence-corrected chi connectivity index (χ0v) is 13.5. The van der Waals surface area contributed by atoms with Gasteiger partial charge in [-0.2, -0.15) is 5.26 Å². The Morgan fingerprint density at radius 2 is 2.14 bits per heavy atom. The number of aromatic nitrogens is 1. The second-order valence-electron chi connectivity index (χ2n) is 4.10. The maximum Gasteiger partial charge on any atom is 0.357 e. The Labute approximate surface area is 135 Å². The van der Waals surface area contributed by atoms with E-state index in [4.69, 9.17) is 20.5 Å². The third kappa shape index (κ3) is 2.67. The second kappa shape index (κ2) is 6.05. The molecule has 0 saturated carbocycles. The summed E-state index contributed by atoms with van der Waals surface area (Å²) in [7, 11) is 2.83. The number of carbonyl (C=O) groups excluding carboxylic acids is 1. The highest BCUT2D eigenvalue weighted by molar-refractivity contribution is 14.1. The molecule has 6 nitrogen and oxygen atoms in total. The number of nitriles is 1. The maximum atomic E-state index is 11.9. The molecule has 0 amide bonds. The molecule has 1 aromatic heterocycles. The third-order valence-corrected chi connectivity index (χ3v) is 3.85. The van der Waals surface area contributed by atoms with Gasteiger partial charge in [0.1, 0.15) is 11.8 Å². The number of anilines is 1. The van der Waals surface area contributed by atoms with E-state index in [1.165, 1.54) is 17.9 Å². The van der Waals surface area contributed by atoms with Crippen LogP contribution in [0.15, 0.2) is 24.4 Å². The standard InChI is InChI=1S/C14H12IN3O3/c1-20-11-5-9(3-4-10(11)15)18-7-8(6-16)12(17)13(18)14(19)21-2/h3-5,7H,17H2,1-2H3. The minimum absolute atomic E-state index is 0.0990. The summed E-state index contributed by atoms with van der Waals surface area (Å²) in [4.78, 5) is 11.9. The number of rotatable bonds is 3. The summed E-state index contributed by atoms with van der Waals surface area (Å²) in [6.45, 7) is 0. The van der Waals surface area contributed by atoms with Crippen LogP contribution in [0.3, 0.4) is 0 Å². The first-order valence-electron chi connectivity index (χ1n) is 5.86. The molecule has 0 bridgehead atoms. The van der Waals surface area contributed by atoms with Crippen LogP contribution in [0.2, 0.25) is 0 Å². The van der Waals surface area contributed by atoms with Crippen molar-refractivity contribution < 1.29 is 14.3 Å². The van der Waals surface area contributed by atoms with Crippen molar-refractivity contribution in [2.75, 3.05) is 20.0 Å². The monoisotopic (exact) mass is 397 g/mol. The average Bonchev–Trinajstić information content (AvgIpc) is 2.83. The molecule has 1 heterocycles. The molecule has 2 N–H and O–H groups in total. The molecule has 0 radical (unpaired) electrons. The van der Waals surface area contributed by atoms with E-state index in [0.29, 0.717) is 11.4 Å². The van der Waals surface area contributed by atoms with Crippen molar-refractivity contribution in [3.8, 4) is 17.5 Å². The summed E-state index contributed by atoms with van der Waals surface area (Å²) in [6, 6.07) is 7.37. The van der Waals surface area contributed by atoms with Crippen molar-refractivity contribution in [1.82, 2.24) is 4.57 Å². The van der Waals surface area contributed by atoms with Gasteiger partial charge < -0.3 is 19.8 Å². The molecule has 2 rings (SSSR count). The lowest BCUT2D eigenvalue weighted by Crippen LogP contribution is -2.11. The number of esters is 1. The zero-order valence-electron chi connectivity index (χ0n) is 11.4. The molecule has 0 aliphatic rings. The van der Waals surface area contributed by atoms with Gasteiger partial charge in [0.15, 0.2) is 5.69 Å². The highest BCUT2D eigenvalue weighted by atomic mass is 127. The molecular weight excluding hydrogens is 385 g/mol. The number of nitrogen functional groups attached to an aromatic ring is 1. The smallest absolute Gasteiger partial charge is 0.357 e. The summed E-state index contributed by atoms with van der Waals surface area (Å²) >= 11 is 2.14. The fourth-order valence-corrected chi connectivity index (χ4v) is 2.47. The van der Waals surface area contributed by atoms with Crippen molar-refractivity contribution in [3.63, 3.8) is 0 Å². The van der Waals surface area contributed by atoms with Crippen molar-refractivity contribution in [2.24, 2.45) is 0 Å². The lowest BCUT2D eigenvalue weighted by Gasteiger charge is -2.11. The second-order valence-corrected chi connectivity index (χ2v) is 5.26. The molecule has 108 valence electrons. The van der Waals surface area contributed by atoms with E-state index in [-0.39, 0.29) is 16.9 Å². The van der Waals surface area contributed by atoms with Crippen molar-refractivity contribution >= 4 is 34.2 Å². The van der Waals surface area contributed by atoms with Crippen molar-refractivity contribution in [1.29, 1.82) is 5.26 Å². The van der Waals surface area contributed by atoms with E-state index in [1.807, 2.05) is 12.1 Å². The van der Waals surface area contributed by atoms with Gasteiger partial charge in [-0.3, -0.25) is 0 Å². The molecule has 7 heteroatoms. The van der Waals surface area contributed by atoms with Crippen LogP contribution in [-0.2, 0) is 4.74 Å². The molecule has 2 aromatic rings. The van der Waals surface area contributed by atoms with Crippen LogP contribution in [0.4, 0.5) is 5.69 Å². The van der Waals surface area contributed by atoms with Gasteiger partial charge in [-0.25, -0.2) is 4.79 Å². The fourth-order valence-electron chi connectivity index (χ4n) is 1.92. The molecule has 0 unspecified atom stereocenters. The van der Waals surface area contributed by atoms with Crippen LogP contribution in [-0.4, -0.2) is 24.8 Å². The topological polar surface area (TPSA) is 90.3 Å². The zero-order chi connectivity index (χ0) is 15.6. The first kappa shape index (κ1) is 15.2. The largest absolute Gasteiger partial charge is 0.496 e. The van der Waals surface area contributed by atoms with Crippen molar-refractivity contribution in [3.05, 3.63) is 39.2 Å². The number of ether oxygens (including phenoxy) is 2. The van der Waals surface area contributed by atoms with Gasteiger partial charge in [-0.05, 0) is 34.7 Å². The molecular formula is C14H12IN3O3. The van der Waals surface area contributed by atoms with E-state index in [2.05, 4.69) is 22.6 Å². The summed E-state index contributed by atoms with van der Waals surface area (Å²) < 4.78 is 12.5. The summed E-state index contributed by atoms with van der Waals surface area (Å²) in [5.74, 6) is 0.0567. The van der Waals surface area contributed by atoms with Crippen LogP contribution >= 0.6 is 22.6 Å². The fraction of sp³-hybridized carbons (Fsp3) is 0.143. The molecule has 0 saturated heterocycles. The number of methoxy groups -OCH3 is 2. The van der Waals surface area contributed by atoms with Gasteiger partial charge in [0, 0.05) is 18.0 Å². The van der Waals surface area contributed by atoms with Crippen LogP contribution < -0.4 is 10.5 Å². The Bertz CT molecular complexity index is 747. The number of hydrogen-bond donors (Lipinski definition) is 1. The number of benzene rings is 1. The number of carbonyl (C=O) groups is 1. The predicted molar refractivity (Wildman–Crippen MR) is 85.5 cm³/mol. The Morgan fingerprint density at radius 3 is 2.71 bits per heavy atom. The normalized spacial score (nSPS) is 10.0. The molecule has 0 spiro atoms. The summed E-state index contributed by atoms with van der Waals surface area (Å²) in [5, 5.41) is 9.08. The Morgan fingerprint density at radius 1 is 1.43 bits per heavy atom. The predicted octanol–water partition coefficient (Wildman–Crippen LogP) is 2.33. The van der Waals surface area contributed by atoms with Gasteiger partial charge >= 0.3 is 5.97 Å². The summed E-state index contributed by atoms with van der Waals surface area (Å²) in [5.41, 5.74) is 6.94. The highest BCUT2D eigenvalue weighted by Crippen LogP contribution is 2.28. The van der Waals surface area contributed by atoms with Gasteiger partial charge in [0.2, 0.25) is 0 Å². The first-order chi connectivity index (χ1) is 10.0. The summed E-state index contributed by atoms with van der Waals surface area (Å²) in [6.07, 6.45) is 1.50. The highest BCUT2D eigenvalue weighted by Gasteiger charge is 2.22. The van der Waals surface area contributed by atoms with Gasteiger partial charge in [0.05, 0.1) is 29.0 Å². The molecule has 0 aliphatic heterocycles. The van der Waals surface area contributed by atoms with Crippen LogP contribution in [0.5, 0.6) is 5.75 Å². The number of nitrogens with zero attached hydrogens (tertiary/aromatic N) is 2. The van der Waals surface area contributed by atoms with Gasteiger partial charge in [-0.15, -0.1) is 0 Å². The quantitative estimate of drug-likeness (QED) is 0.634. The maximum absolute atomic E-state index is 11.9. The number of hydrogen-bond acceptors (Lipinski definition) is 5. The van der Waals surface area contributed by atoms with E-state index in [0.717, 1.165) is 3.57 Å². The first-order valence-corrected chi connectivity index (χ1v) is 6.94. The van der Waals surface area contributed by atoms with Gasteiger partial charge in [0.25, 0.3) is 0 Å². The van der Waals surface area contributed by atoms with Crippen LogP contribution in [0.25, 0.3) is 5.69 Å². The van der Waals surface area contributed by atoms with E-state index >= 15 is 0 Å². The lowest BCUT2D eigenvalue weighted by atomic mass is 10.2. The minimum atomic E-state index is -0.605. The molecule has 0 aliphatic carbocycles. The van der Waals surface area contributed by atoms with Crippen LogP contribution in [0.1, 0.15) is 16.1 Å². The van der Waals surface area contributed by atoms with Crippen molar-refractivity contribution in [2.45, 2.75) is 0 Å². The SMILES string of the molecule is COC(=O)c1c(N)c(C#N)cn1-c1ccc(I)c(OC)c1. The minimum Gasteiger partial charge on any atom is -0.496 e. The average molecular weight is 397 g/mol. The van der Waals surface area contributed by atoms with E-state index in [9.17, 15) is 4.79 Å². The number of halogens is 1. The Kier molecular flexibility index (Phi) is 4.37. The third-order valence-electron chi connectivity index (χ3n) is 2.96. The Balaban J connectivity index is 2.69.